The maximum atomic E-state index is 12.1. The molecule has 3 aromatic carbocycles. The van der Waals surface area contributed by atoms with Gasteiger partial charge in [0.2, 0.25) is 0 Å². The molecule has 0 aliphatic carbocycles. The number of hydrogen-bond acceptors (Lipinski definition) is 3. The van der Waals surface area contributed by atoms with Gasteiger partial charge in [-0.05, 0) is 48.9 Å². The van der Waals surface area contributed by atoms with E-state index >= 15 is 0 Å². The second-order valence-corrected chi connectivity index (χ2v) is 6.22. The van der Waals surface area contributed by atoms with Crippen molar-refractivity contribution in [3.8, 4) is 11.5 Å². The molecule has 0 unspecified atom stereocenters. The maximum Gasteiger partial charge on any atom is 0.260 e. The molecule has 134 valence electrons. The molecule has 0 saturated heterocycles. The van der Waals surface area contributed by atoms with E-state index in [-0.39, 0.29) is 5.91 Å². The van der Waals surface area contributed by atoms with Crippen LogP contribution in [0.2, 0.25) is 0 Å². The van der Waals surface area contributed by atoms with Crippen LogP contribution in [-0.2, 0) is 4.79 Å². The molecule has 0 bridgehead atoms. The molecule has 4 heteroatoms. The van der Waals surface area contributed by atoms with Gasteiger partial charge in [0.25, 0.3) is 5.91 Å². The van der Waals surface area contributed by atoms with E-state index in [1.165, 1.54) is 5.39 Å². The van der Waals surface area contributed by atoms with Crippen LogP contribution < -0.4 is 14.8 Å². The molecule has 0 saturated carbocycles. The van der Waals surface area contributed by atoms with Crippen LogP contribution in [0.25, 0.3) is 10.8 Å². The summed E-state index contributed by atoms with van der Waals surface area (Å²) in [5, 5.41) is 5.14. The van der Waals surface area contributed by atoms with Gasteiger partial charge in [-0.2, -0.15) is 0 Å². The first-order valence-corrected chi connectivity index (χ1v) is 8.74. The lowest BCUT2D eigenvalue weighted by Gasteiger charge is -2.15. The number of fused-ring (bicyclic) bond motifs is 1. The molecule has 3 rings (SSSR count). The van der Waals surface area contributed by atoms with Crippen LogP contribution >= 0.6 is 0 Å². The molecule has 1 amide bonds. The van der Waals surface area contributed by atoms with Crippen LogP contribution in [0, 0.1) is 6.92 Å². The second-order valence-electron chi connectivity index (χ2n) is 6.22. The predicted molar refractivity (Wildman–Crippen MR) is 104 cm³/mol. The summed E-state index contributed by atoms with van der Waals surface area (Å²) < 4.78 is 11.4. The van der Waals surface area contributed by atoms with E-state index in [1.807, 2.05) is 67.6 Å². The normalized spacial score (nSPS) is 11.8. The van der Waals surface area contributed by atoms with Crippen molar-refractivity contribution in [1.29, 1.82) is 0 Å². The molecule has 0 aliphatic heterocycles. The Morgan fingerprint density at radius 2 is 1.65 bits per heavy atom. The van der Waals surface area contributed by atoms with Gasteiger partial charge in [-0.15, -0.1) is 0 Å². The molecule has 1 N–H and O–H groups in total. The summed E-state index contributed by atoms with van der Waals surface area (Å²) in [6, 6.07) is 21.7. The molecular weight excluding hydrogens is 326 g/mol. The molecule has 0 spiro atoms. The summed E-state index contributed by atoms with van der Waals surface area (Å²) in [7, 11) is 0. The molecule has 0 heterocycles. The lowest BCUT2D eigenvalue weighted by atomic mass is 10.1. The van der Waals surface area contributed by atoms with E-state index in [0.717, 1.165) is 16.7 Å². The molecular formula is C22H23NO3. The van der Waals surface area contributed by atoms with Crippen molar-refractivity contribution in [2.75, 3.05) is 13.2 Å². The van der Waals surface area contributed by atoms with Crippen molar-refractivity contribution in [1.82, 2.24) is 5.32 Å². The number of aryl methyl sites for hydroxylation is 1. The first-order chi connectivity index (χ1) is 12.6. The number of rotatable bonds is 7. The van der Waals surface area contributed by atoms with Gasteiger partial charge in [0.15, 0.2) is 6.10 Å². The zero-order valence-corrected chi connectivity index (χ0v) is 15.1. The van der Waals surface area contributed by atoms with Gasteiger partial charge in [-0.25, -0.2) is 0 Å². The van der Waals surface area contributed by atoms with Crippen molar-refractivity contribution >= 4 is 16.7 Å². The fourth-order valence-corrected chi connectivity index (χ4v) is 2.62. The quantitative estimate of drug-likeness (QED) is 0.653. The first kappa shape index (κ1) is 17.8. The summed E-state index contributed by atoms with van der Waals surface area (Å²) in [6.07, 6.45) is -0.557. The Hall–Kier alpha value is -3.01. The van der Waals surface area contributed by atoms with Gasteiger partial charge in [0.05, 0.1) is 6.54 Å². The van der Waals surface area contributed by atoms with Gasteiger partial charge in [-0.1, -0.05) is 48.0 Å². The van der Waals surface area contributed by atoms with Crippen molar-refractivity contribution < 1.29 is 14.3 Å². The average Bonchev–Trinajstić information content (AvgIpc) is 2.66. The zero-order valence-electron chi connectivity index (χ0n) is 15.1. The predicted octanol–water partition coefficient (Wildman–Crippen LogP) is 4.11. The van der Waals surface area contributed by atoms with Crippen LogP contribution in [0.15, 0.2) is 66.7 Å². The Kier molecular flexibility index (Phi) is 5.74. The lowest BCUT2D eigenvalue weighted by Crippen LogP contribution is -2.38. The Morgan fingerprint density at radius 1 is 0.962 bits per heavy atom. The monoisotopic (exact) mass is 349 g/mol. The molecule has 0 radical (unpaired) electrons. The van der Waals surface area contributed by atoms with E-state index in [9.17, 15) is 4.79 Å². The number of benzene rings is 3. The SMILES string of the molecule is Cc1ccc(O[C@H](C)C(=O)NCCOc2ccc3ccccc3c2)cc1. The van der Waals surface area contributed by atoms with Gasteiger partial charge >= 0.3 is 0 Å². The third-order valence-electron chi connectivity index (χ3n) is 4.09. The van der Waals surface area contributed by atoms with E-state index in [1.54, 1.807) is 6.92 Å². The minimum atomic E-state index is -0.557. The van der Waals surface area contributed by atoms with E-state index in [0.29, 0.717) is 18.9 Å². The Bertz CT molecular complexity index is 874. The van der Waals surface area contributed by atoms with E-state index in [4.69, 9.17) is 9.47 Å². The van der Waals surface area contributed by atoms with Crippen LogP contribution in [0.1, 0.15) is 12.5 Å². The summed E-state index contributed by atoms with van der Waals surface area (Å²) in [5.41, 5.74) is 1.15. The van der Waals surface area contributed by atoms with Crippen molar-refractivity contribution in [2.45, 2.75) is 20.0 Å². The molecule has 0 fully saturated rings. The minimum Gasteiger partial charge on any atom is -0.492 e. The second kappa shape index (κ2) is 8.39. The molecule has 0 aliphatic rings. The van der Waals surface area contributed by atoms with Gasteiger partial charge in [-0.3, -0.25) is 4.79 Å². The molecule has 1 atom stereocenters. The highest BCUT2D eigenvalue weighted by Crippen LogP contribution is 2.20. The highest BCUT2D eigenvalue weighted by molar-refractivity contribution is 5.83. The third-order valence-corrected chi connectivity index (χ3v) is 4.09. The highest BCUT2D eigenvalue weighted by atomic mass is 16.5. The Balaban J connectivity index is 1.43. The summed E-state index contributed by atoms with van der Waals surface area (Å²) in [4.78, 5) is 12.1. The Morgan fingerprint density at radius 3 is 2.42 bits per heavy atom. The Labute approximate surface area is 153 Å². The third kappa shape index (κ3) is 4.76. The molecule has 4 nitrogen and oxygen atoms in total. The molecule has 3 aromatic rings. The van der Waals surface area contributed by atoms with Crippen LogP contribution in [0.4, 0.5) is 0 Å². The minimum absolute atomic E-state index is 0.160. The molecule has 26 heavy (non-hydrogen) atoms. The fraction of sp³-hybridized carbons (Fsp3) is 0.227. The number of carbonyl (C=O) groups excluding carboxylic acids is 1. The van der Waals surface area contributed by atoms with Crippen molar-refractivity contribution in [2.24, 2.45) is 0 Å². The topological polar surface area (TPSA) is 47.6 Å². The number of hydrogen-bond donors (Lipinski definition) is 1. The number of nitrogens with one attached hydrogen (secondary N) is 1. The maximum absolute atomic E-state index is 12.1. The van der Waals surface area contributed by atoms with Crippen LogP contribution in [-0.4, -0.2) is 25.2 Å². The standard InChI is InChI=1S/C22H23NO3/c1-16-7-10-20(11-8-16)26-17(2)22(24)23-13-14-25-21-12-9-18-5-3-4-6-19(18)15-21/h3-12,15,17H,13-14H2,1-2H3,(H,23,24)/t17-/m1/s1. The van der Waals surface area contributed by atoms with Gasteiger partial charge < -0.3 is 14.8 Å². The lowest BCUT2D eigenvalue weighted by molar-refractivity contribution is -0.127. The van der Waals surface area contributed by atoms with E-state index in [2.05, 4.69) is 11.4 Å². The average molecular weight is 349 g/mol. The number of ether oxygens (including phenoxy) is 2. The largest absolute Gasteiger partial charge is 0.492 e. The van der Waals surface area contributed by atoms with Crippen LogP contribution in [0.5, 0.6) is 11.5 Å². The van der Waals surface area contributed by atoms with E-state index < -0.39 is 6.10 Å². The summed E-state index contributed by atoms with van der Waals surface area (Å²) in [6.45, 7) is 4.57. The summed E-state index contributed by atoms with van der Waals surface area (Å²) in [5.74, 6) is 1.32. The van der Waals surface area contributed by atoms with Crippen LogP contribution in [0.3, 0.4) is 0 Å². The number of carbonyl (C=O) groups is 1. The van der Waals surface area contributed by atoms with Crippen molar-refractivity contribution in [3.05, 3.63) is 72.3 Å². The highest BCUT2D eigenvalue weighted by Gasteiger charge is 2.13. The van der Waals surface area contributed by atoms with Crippen molar-refractivity contribution in [3.63, 3.8) is 0 Å². The molecule has 0 aromatic heterocycles. The number of amides is 1. The zero-order chi connectivity index (χ0) is 18.4. The van der Waals surface area contributed by atoms with Gasteiger partial charge in [0, 0.05) is 0 Å². The smallest absolute Gasteiger partial charge is 0.260 e. The van der Waals surface area contributed by atoms with Gasteiger partial charge in [0.1, 0.15) is 18.1 Å². The summed E-state index contributed by atoms with van der Waals surface area (Å²) >= 11 is 0. The first-order valence-electron chi connectivity index (χ1n) is 8.74. The fourth-order valence-electron chi connectivity index (χ4n) is 2.62.